The van der Waals surface area contributed by atoms with Crippen LogP contribution in [0.25, 0.3) is 0 Å². The first-order valence-electron chi connectivity index (χ1n) is 5.35. The summed E-state index contributed by atoms with van der Waals surface area (Å²) in [6, 6.07) is 9.54. The van der Waals surface area contributed by atoms with Crippen molar-refractivity contribution in [1.29, 1.82) is 0 Å². The zero-order valence-electron chi connectivity index (χ0n) is 8.86. The van der Waals surface area contributed by atoms with Crippen molar-refractivity contribution >= 4 is 11.6 Å². The topological polar surface area (TPSA) is 41.1 Å². The number of para-hydroxylation sites is 1. The number of nitrogens with one attached hydrogen (secondary N) is 2. The average molecular weight is 204 g/mol. The molecule has 0 radical (unpaired) electrons. The predicted octanol–water partition coefficient (Wildman–Crippen LogP) is 1.62. The van der Waals surface area contributed by atoms with Crippen LogP contribution in [-0.2, 0) is 4.79 Å². The van der Waals surface area contributed by atoms with Gasteiger partial charge in [0.15, 0.2) is 0 Å². The highest BCUT2D eigenvalue weighted by molar-refractivity contribution is 5.94. The van der Waals surface area contributed by atoms with Crippen LogP contribution in [0.1, 0.15) is 13.3 Å². The van der Waals surface area contributed by atoms with Crippen LogP contribution in [0, 0.1) is 5.92 Å². The Balaban J connectivity index is 1.93. The van der Waals surface area contributed by atoms with Crippen molar-refractivity contribution in [3.63, 3.8) is 0 Å². The zero-order valence-corrected chi connectivity index (χ0v) is 8.86. The van der Waals surface area contributed by atoms with Crippen molar-refractivity contribution < 1.29 is 4.79 Å². The lowest BCUT2D eigenvalue weighted by Crippen LogP contribution is -2.35. The van der Waals surface area contributed by atoms with Gasteiger partial charge in [0.05, 0.1) is 6.04 Å². The smallest absolute Gasteiger partial charge is 0.241 e. The van der Waals surface area contributed by atoms with Gasteiger partial charge < -0.3 is 10.6 Å². The summed E-state index contributed by atoms with van der Waals surface area (Å²) >= 11 is 0. The molecule has 0 saturated carbocycles. The number of hydrogen-bond acceptors (Lipinski definition) is 2. The van der Waals surface area contributed by atoms with E-state index in [-0.39, 0.29) is 11.9 Å². The molecule has 1 saturated heterocycles. The third-order valence-electron chi connectivity index (χ3n) is 2.71. The zero-order chi connectivity index (χ0) is 10.7. The van der Waals surface area contributed by atoms with E-state index in [4.69, 9.17) is 0 Å². The first-order chi connectivity index (χ1) is 7.25. The Labute approximate surface area is 89.9 Å². The van der Waals surface area contributed by atoms with Gasteiger partial charge in [-0.3, -0.25) is 4.79 Å². The van der Waals surface area contributed by atoms with Crippen LogP contribution >= 0.6 is 0 Å². The first-order valence-corrected chi connectivity index (χ1v) is 5.35. The highest BCUT2D eigenvalue weighted by Crippen LogP contribution is 2.14. The second-order valence-electron chi connectivity index (χ2n) is 4.16. The fourth-order valence-electron chi connectivity index (χ4n) is 1.86. The van der Waals surface area contributed by atoms with E-state index in [1.807, 2.05) is 30.3 Å². The predicted molar refractivity (Wildman–Crippen MR) is 60.6 cm³/mol. The Morgan fingerprint density at radius 1 is 1.40 bits per heavy atom. The Kier molecular flexibility index (Phi) is 3.02. The van der Waals surface area contributed by atoms with E-state index in [0.717, 1.165) is 18.7 Å². The van der Waals surface area contributed by atoms with Crippen molar-refractivity contribution in [1.82, 2.24) is 5.32 Å². The maximum Gasteiger partial charge on any atom is 0.241 e. The van der Waals surface area contributed by atoms with Gasteiger partial charge in [0.1, 0.15) is 0 Å². The highest BCUT2D eigenvalue weighted by atomic mass is 16.2. The van der Waals surface area contributed by atoms with Crippen molar-refractivity contribution in [2.45, 2.75) is 19.4 Å². The molecule has 3 nitrogen and oxygen atoms in total. The van der Waals surface area contributed by atoms with Crippen molar-refractivity contribution in [2.75, 3.05) is 11.9 Å². The lowest BCUT2D eigenvalue weighted by Gasteiger charge is -2.10. The molecule has 0 aliphatic carbocycles. The number of carbonyl (C=O) groups is 1. The monoisotopic (exact) mass is 204 g/mol. The molecule has 2 atom stereocenters. The summed E-state index contributed by atoms with van der Waals surface area (Å²) in [5.74, 6) is 0.669. The number of amides is 1. The van der Waals surface area contributed by atoms with E-state index in [9.17, 15) is 4.79 Å². The second kappa shape index (κ2) is 4.45. The van der Waals surface area contributed by atoms with Crippen LogP contribution in [0.4, 0.5) is 5.69 Å². The van der Waals surface area contributed by atoms with Gasteiger partial charge in [-0.25, -0.2) is 0 Å². The number of benzene rings is 1. The maximum atomic E-state index is 11.8. The molecule has 1 aromatic carbocycles. The van der Waals surface area contributed by atoms with Gasteiger partial charge in [0.25, 0.3) is 0 Å². The Morgan fingerprint density at radius 3 is 2.73 bits per heavy atom. The Bertz CT molecular complexity index is 337. The van der Waals surface area contributed by atoms with Gasteiger partial charge in [-0.1, -0.05) is 25.1 Å². The Hall–Kier alpha value is -1.35. The number of hydrogen-bond donors (Lipinski definition) is 2. The molecule has 2 N–H and O–H groups in total. The van der Waals surface area contributed by atoms with E-state index < -0.39 is 0 Å². The fraction of sp³-hybridized carbons (Fsp3) is 0.417. The van der Waals surface area contributed by atoms with Crippen LogP contribution in [0.15, 0.2) is 30.3 Å². The van der Waals surface area contributed by atoms with Crippen LogP contribution in [0.3, 0.4) is 0 Å². The molecule has 0 spiro atoms. The minimum Gasteiger partial charge on any atom is -0.325 e. The van der Waals surface area contributed by atoms with Crippen LogP contribution in [-0.4, -0.2) is 18.5 Å². The second-order valence-corrected chi connectivity index (χ2v) is 4.16. The normalized spacial score (nSPS) is 25.1. The molecule has 3 heteroatoms. The third-order valence-corrected chi connectivity index (χ3v) is 2.71. The molecular formula is C12H16N2O. The number of carbonyl (C=O) groups excluding carboxylic acids is 1. The molecule has 15 heavy (non-hydrogen) atoms. The molecule has 2 rings (SSSR count). The number of anilines is 1. The van der Waals surface area contributed by atoms with Gasteiger partial charge in [0, 0.05) is 5.69 Å². The van der Waals surface area contributed by atoms with Gasteiger partial charge >= 0.3 is 0 Å². The van der Waals surface area contributed by atoms with Crippen LogP contribution in [0.2, 0.25) is 0 Å². The number of rotatable bonds is 2. The van der Waals surface area contributed by atoms with E-state index in [1.165, 1.54) is 0 Å². The van der Waals surface area contributed by atoms with Crippen molar-refractivity contribution in [3.05, 3.63) is 30.3 Å². The van der Waals surface area contributed by atoms with Crippen molar-refractivity contribution in [2.24, 2.45) is 5.92 Å². The van der Waals surface area contributed by atoms with Gasteiger partial charge in [-0.05, 0) is 31.0 Å². The maximum absolute atomic E-state index is 11.8. The molecular weight excluding hydrogens is 188 g/mol. The molecule has 1 heterocycles. The summed E-state index contributed by atoms with van der Waals surface area (Å²) in [4.78, 5) is 11.8. The minimum absolute atomic E-state index is 0.0276. The molecule has 1 fully saturated rings. The van der Waals surface area contributed by atoms with Gasteiger partial charge in [-0.15, -0.1) is 0 Å². The summed E-state index contributed by atoms with van der Waals surface area (Å²) in [5, 5.41) is 6.12. The summed E-state index contributed by atoms with van der Waals surface area (Å²) in [6.07, 6.45) is 0.929. The molecule has 1 aliphatic rings. The standard InChI is InChI=1S/C12H16N2O/c1-9-7-11(13-8-9)12(15)14-10-5-3-2-4-6-10/h2-6,9,11,13H,7-8H2,1H3,(H,14,15)/t9?,11-/m0/s1. The SMILES string of the molecule is CC1CN[C@H](C(=O)Nc2ccccc2)C1. The van der Waals surface area contributed by atoms with Crippen LogP contribution < -0.4 is 10.6 Å². The molecule has 0 aromatic heterocycles. The summed E-state index contributed by atoms with van der Waals surface area (Å²) in [5.41, 5.74) is 0.865. The summed E-state index contributed by atoms with van der Waals surface area (Å²) in [7, 11) is 0. The quantitative estimate of drug-likeness (QED) is 0.768. The van der Waals surface area contributed by atoms with E-state index in [1.54, 1.807) is 0 Å². The lowest BCUT2D eigenvalue weighted by atomic mass is 10.1. The molecule has 0 bridgehead atoms. The highest BCUT2D eigenvalue weighted by Gasteiger charge is 2.26. The molecule has 1 unspecified atom stereocenters. The lowest BCUT2D eigenvalue weighted by molar-refractivity contribution is -0.117. The van der Waals surface area contributed by atoms with Gasteiger partial charge in [-0.2, -0.15) is 0 Å². The molecule has 80 valence electrons. The summed E-state index contributed by atoms with van der Waals surface area (Å²) in [6.45, 7) is 3.09. The third kappa shape index (κ3) is 2.57. The fourth-order valence-corrected chi connectivity index (χ4v) is 1.86. The average Bonchev–Trinajstić information content (AvgIpc) is 2.66. The molecule has 1 amide bonds. The first kappa shape index (κ1) is 10.2. The van der Waals surface area contributed by atoms with Crippen molar-refractivity contribution in [3.8, 4) is 0 Å². The van der Waals surface area contributed by atoms with E-state index in [0.29, 0.717) is 5.92 Å². The summed E-state index contributed by atoms with van der Waals surface area (Å²) < 4.78 is 0. The minimum atomic E-state index is -0.0276. The van der Waals surface area contributed by atoms with Gasteiger partial charge in [0.2, 0.25) is 5.91 Å². The largest absolute Gasteiger partial charge is 0.325 e. The van der Waals surface area contributed by atoms with E-state index >= 15 is 0 Å². The molecule has 1 aliphatic heterocycles. The van der Waals surface area contributed by atoms with E-state index in [2.05, 4.69) is 17.6 Å². The van der Waals surface area contributed by atoms with Crippen LogP contribution in [0.5, 0.6) is 0 Å². The Morgan fingerprint density at radius 2 is 2.13 bits per heavy atom. The molecule has 1 aromatic rings.